The first kappa shape index (κ1) is 15.2. The van der Waals surface area contributed by atoms with Gasteiger partial charge < -0.3 is 14.9 Å². The monoisotopic (exact) mass is 312 g/mol. The molecule has 2 heterocycles. The molecule has 6 nitrogen and oxygen atoms in total. The molecule has 1 aromatic rings. The van der Waals surface area contributed by atoms with Gasteiger partial charge in [0, 0.05) is 12.3 Å². The summed E-state index contributed by atoms with van der Waals surface area (Å²) in [6.45, 7) is -3.14. The molecule has 0 aliphatic carbocycles. The minimum atomic E-state index is -3.17. The van der Waals surface area contributed by atoms with Gasteiger partial charge in [0.05, 0.1) is 0 Å². The standard InChI is InChI=1S/C10H11F3N2O4S/c11-3-9(12)6(18)10(13,4-16)19-7(9)15-2-1-5(17)14-8(15)20/h1-2,6-7,16,18H,3-4H2,(H,14,17,20)/t6-,7-,9?,10-/m1/s1. The molecule has 4 atom stereocenters. The average Bonchev–Trinajstić information content (AvgIpc) is 2.62. The summed E-state index contributed by atoms with van der Waals surface area (Å²) in [7, 11) is 0. The molecule has 1 aliphatic heterocycles. The van der Waals surface area contributed by atoms with Crippen molar-refractivity contribution in [3.63, 3.8) is 0 Å². The molecule has 1 aromatic heterocycles. The molecule has 0 spiro atoms. The van der Waals surface area contributed by atoms with Crippen LogP contribution in [0.3, 0.4) is 0 Å². The van der Waals surface area contributed by atoms with Gasteiger partial charge in [0.15, 0.2) is 17.1 Å². The maximum atomic E-state index is 14.5. The summed E-state index contributed by atoms with van der Waals surface area (Å²) in [6.07, 6.45) is -3.54. The van der Waals surface area contributed by atoms with Crippen molar-refractivity contribution < 1.29 is 28.1 Å². The number of aliphatic hydroxyl groups excluding tert-OH is 2. The van der Waals surface area contributed by atoms with E-state index in [0.29, 0.717) is 0 Å². The lowest BCUT2D eigenvalue weighted by atomic mass is 9.96. The second-order valence-corrected chi connectivity index (χ2v) is 4.78. The molecule has 10 heteroatoms. The predicted octanol–water partition coefficient (Wildman–Crippen LogP) is 0.131. The van der Waals surface area contributed by atoms with Crippen LogP contribution in [-0.2, 0) is 4.74 Å². The van der Waals surface area contributed by atoms with Gasteiger partial charge in [0.1, 0.15) is 13.3 Å². The third-order valence-corrected chi connectivity index (χ3v) is 3.42. The number of hydrogen-bond donors (Lipinski definition) is 3. The molecule has 1 unspecified atom stereocenters. The van der Waals surface area contributed by atoms with Crippen molar-refractivity contribution in [2.75, 3.05) is 13.3 Å². The maximum absolute atomic E-state index is 14.5. The molecule has 1 aliphatic rings. The maximum Gasteiger partial charge on any atom is 0.264 e. The average molecular weight is 312 g/mol. The Morgan fingerprint density at radius 1 is 1.55 bits per heavy atom. The van der Waals surface area contributed by atoms with Crippen molar-refractivity contribution in [1.82, 2.24) is 9.55 Å². The van der Waals surface area contributed by atoms with Gasteiger partial charge in [0.2, 0.25) is 5.67 Å². The summed E-state index contributed by atoms with van der Waals surface area (Å²) < 4.78 is 46.5. The number of aromatic nitrogens is 2. The molecule has 0 radical (unpaired) electrons. The van der Waals surface area contributed by atoms with Gasteiger partial charge in [-0.25, -0.2) is 13.2 Å². The lowest BCUT2D eigenvalue weighted by Crippen LogP contribution is -2.49. The van der Waals surface area contributed by atoms with E-state index in [1.807, 2.05) is 0 Å². The van der Waals surface area contributed by atoms with Gasteiger partial charge in [-0.2, -0.15) is 0 Å². The molecule has 20 heavy (non-hydrogen) atoms. The van der Waals surface area contributed by atoms with E-state index < -0.39 is 42.7 Å². The summed E-state index contributed by atoms with van der Waals surface area (Å²) in [6, 6.07) is 0.946. The Kier molecular flexibility index (Phi) is 3.75. The van der Waals surface area contributed by atoms with Crippen LogP contribution in [0.4, 0.5) is 13.2 Å². The Hall–Kier alpha value is -1.23. The number of H-pyrrole nitrogens is 1. The normalized spacial score (nSPS) is 37.2. The lowest BCUT2D eigenvalue weighted by molar-refractivity contribution is -0.207. The first-order valence-corrected chi connectivity index (χ1v) is 5.91. The van der Waals surface area contributed by atoms with Crippen LogP contribution in [0.2, 0.25) is 0 Å². The lowest BCUT2D eigenvalue weighted by Gasteiger charge is -2.26. The van der Waals surface area contributed by atoms with Gasteiger partial charge in [-0.3, -0.25) is 14.3 Å². The van der Waals surface area contributed by atoms with Gasteiger partial charge in [-0.15, -0.1) is 0 Å². The molecule has 2 rings (SSSR count). The minimum Gasteiger partial charge on any atom is -0.390 e. The Morgan fingerprint density at radius 2 is 2.20 bits per heavy atom. The zero-order valence-corrected chi connectivity index (χ0v) is 10.7. The summed E-state index contributed by atoms with van der Waals surface area (Å²) in [5.41, 5.74) is -3.75. The Bertz CT molecular complexity index is 623. The van der Waals surface area contributed by atoms with E-state index in [1.54, 1.807) is 0 Å². The van der Waals surface area contributed by atoms with Crippen molar-refractivity contribution in [2.45, 2.75) is 23.9 Å². The third-order valence-electron chi connectivity index (χ3n) is 3.11. The first-order valence-electron chi connectivity index (χ1n) is 5.50. The summed E-state index contributed by atoms with van der Waals surface area (Å²) in [5.74, 6) is -3.17. The van der Waals surface area contributed by atoms with Crippen LogP contribution in [0.1, 0.15) is 6.23 Å². The third kappa shape index (κ3) is 2.08. The number of aliphatic hydroxyl groups is 2. The van der Waals surface area contributed by atoms with Gasteiger partial charge >= 0.3 is 0 Å². The molecule has 0 aromatic carbocycles. The van der Waals surface area contributed by atoms with Crippen LogP contribution < -0.4 is 5.56 Å². The van der Waals surface area contributed by atoms with Crippen LogP contribution in [0.5, 0.6) is 0 Å². The number of nitrogens with one attached hydrogen (secondary N) is 1. The van der Waals surface area contributed by atoms with E-state index >= 15 is 0 Å². The van der Waals surface area contributed by atoms with Crippen molar-refractivity contribution in [2.24, 2.45) is 0 Å². The Labute approximate surface area is 115 Å². The number of alkyl halides is 3. The topological polar surface area (TPSA) is 87.5 Å². The van der Waals surface area contributed by atoms with Crippen molar-refractivity contribution in [3.8, 4) is 0 Å². The molecule has 1 saturated heterocycles. The number of aromatic amines is 1. The van der Waals surface area contributed by atoms with Gasteiger partial charge in [-0.05, 0) is 12.2 Å². The summed E-state index contributed by atoms with van der Waals surface area (Å²) >= 11 is 4.75. The van der Waals surface area contributed by atoms with Crippen molar-refractivity contribution in [1.29, 1.82) is 0 Å². The molecular formula is C10H11F3N2O4S. The molecule has 0 amide bonds. The van der Waals surface area contributed by atoms with Crippen LogP contribution in [0, 0.1) is 4.77 Å². The highest BCUT2D eigenvalue weighted by Gasteiger charge is 2.66. The number of ether oxygens (including phenoxy) is 1. The molecule has 112 valence electrons. The quantitative estimate of drug-likeness (QED) is 0.691. The number of nitrogens with zero attached hydrogens (tertiary/aromatic N) is 1. The van der Waals surface area contributed by atoms with Gasteiger partial charge in [0.25, 0.3) is 11.4 Å². The smallest absolute Gasteiger partial charge is 0.264 e. The fourth-order valence-electron chi connectivity index (χ4n) is 2.00. The fourth-order valence-corrected chi connectivity index (χ4v) is 2.26. The van der Waals surface area contributed by atoms with Crippen molar-refractivity contribution >= 4 is 12.2 Å². The first-order chi connectivity index (χ1) is 9.28. The molecule has 3 N–H and O–H groups in total. The van der Waals surface area contributed by atoms with Crippen LogP contribution in [-0.4, -0.2) is 50.7 Å². The van der Waals surface area contributed by atoms with E-state index in [-0.39, 0.29) is 4.77 Å². The second kappa shape index (κ2) is 4.95. The number of hydrogen-bond acceptors (Lipinski definition) is 5. The highest BCUT2D eigenvalue weighted by molar-refractivity contribution is 7.71. The predicted molar refractivity (Wildman–Crippen MR) is 62.8 cm³/mol. The van der Waals surface area contributed by atoms with Gasteiger partial charge in [-0.1, -0.05) is 0 Å². The summed E-state index contributed by atoms with van der Waals surface area (Å²) in [4.78, 5) is 13.2. The Balaban J connectivity index is 2.55. The minimum absolute atomic E-state index is 0.340. The Morgan fingerprint density at radius 3 is 2.70 bits per heavy atom. The zero-order chi connectivity index (χ0) is 15.1. The molecule has 1 fully saturated rings. The van der Waals surface area contributed by atoms with E-state index in [2.05, 4.69) is 9.72 Å². The molecule has 0 saturated carbocycles. The van der Waals surface area contributed by atoms with Crippen LogP contribution in [0.15, 0.2) is 17.1 Å². The van der Waals surface area contributed by atoms with E-state index in [9.17, 15) is 23.1 Å². The van der Waals surface area contributed by atoms with Crippen molar-refractivity contribution in [3.05, 3.63) is 27.4 Å². The zero-order valence-electron chi connectivity index (χ0n) is 9.92. The highest BCUT2D eigenvalue weighted by Crippen LogP contribution is 2.47. The highest BCUT2D eigenvalue weighted by atomic mass is 32.1. The van der Waals surface area contributed by atoms with E-state index in [4.69, 9.17) is 17.3 Å². The number of halogens is 3. The number of rotatable bonds is 3. The molecular weight excluding hydrogens is 301 g/mol. The molecule has 0 bridgehead atoms. The fraction of sp³-hybridized carbons (Fsp3) is 0.600. The second-order valence-electron chi connectivity index (χ2n) is 4.39. The van der Waals surface area contributed by atoms with Crippen LogP contribution >= 0.6 is 12.2 Å². The van der Waals surface area contributed by atoms with E-state index in [0.717, 1.165) is 16.8 Å². The van der Waals surface area contributed by atoms with Crippen LogP contribution in [0.25, 0.3) is 0 Å². The SMILES string of the molecule is O=c1ccn([C@@H]2O[C@](F)(CO)[C@H](O)C2(F)CF)c(=S)[nH]1. The summed E-state index contributed by atoms with van der Waals surface area (Å²) in [5, 5.41) is 18.4. The largest absolute Gasteiger partial charge is 0.390 e. The van der Waals surface area contributed by atoms with E-state index in [1.165, 1.54) is 0 Å².